The van der Waals surface area contributed by atoms with Crippen LogP contribution in [0, 0.1) is 0 Å². The molecule has 0 fully saturated rings. The highest BCUT2D eigenvalue weighted by Crippen LogP contribution is 2.26. The normalized spacial score (nSPS) is 10.6. The van der Waals surface area contributed by atoms with Crippen LogP contribution in [0.4, 0.5) is 0 Å². The standard InChI is InChI=1S/C30H34O4/c1-3-5-7-21-33-29(31)27-17-13-25(14-18-27)23-9-11-24(12-10-23)26-15-19-28(20-16-26)30(32)34-22-8-6-4-2/h9-20H,3-8,21-22H2,1-2H3. The van der Waals surface area contributed by atoms with Crippen molar-refractivity contribution in [3.05, 3.63) is 83.9 Å². The zero-order valence-corrected chi connectivity index (χ0v) is 20.2. The zero-order valence-electron chi connectivity index (χ0n) is 20.2. The van der Waals surface area contributed by atoms with Crippen LogP contribution in [0.1, 0.15) is 73.1 Å². The summed E-state index contributed by atoms with van der Waals surface area (Å²) in [6.07, 6.45) is 6.14. The predicted octanol–water partition coefficient (Wildman–Crippen LogP) is 7.71. The molecule has 3 aromatic rings. The fourth-order valence-electron chi connectivity index (χ4n) is 3.65. The molecule has 0 atom stereocenters. The van der Waals surface area contributed by atoms with Gasteiger partial charge in [-0.25, -0.2) is 9.59 Å². The maximum Gasteiger partial charge on any atom is 0.338 e. The van der Waals surface area contributed by atoms with Gasteiger partial charge in [0.1, 0.15) is 0 Å². The van der Waals surface area contributed by atoms with Crippen molar-refractivity contribution < 1.29 is 19.1 Å². The van der Waals surface area contributed by atoms with Gasteiger partial charge in [-0.05, 0) is 59.4 Å². The smallest absolute Gasteiger partial charge is 0.338 e. The SMILES string of the molecule is CCCCCOC(=O)c1ccc(-c2ccc(-c3ccc(C(=O)OCCCCC)cc3)cc2)cc1. The summed E-state index contributed by atoms with van der Waals surface area (Å²) in [4.78, 5) is 24.3. The van der Waals surface area contributed by atoms with E-state index in [9.17, 15) is 9.59 Å². The van der Waals surface area contributed by atoms with Crippen LogP contribution in [0.5, 0.6) is 0 Å². The number of esters is 2. The Bertz CT molecular complexity index is 948. The van der Waals surface area contributed by atoms with E-state index in [4.69, 9.17) is 9.47 Å². The number of carbonyl (C=O) groups excluding carboxylic acids is 2. The molecule has 178 valence electrons. The average molecular weight is 459 g/mol. The number of benzene rings is 3. The number of hydrogen-bond acceptors (Lipinski definition) is 4. The zero-order chi connectivity index (χ0) is 24.2. The topological polar surface area (TPSA) is 52.6 Å². The molecule has 0 aromatic heterocycles. The summed E-state index contributed by atoms with van der Waals surface area (Å²) in [6, 6.07) is 23.3. The van der Waals surface area contributed by atoms with Crippen molar-refractivity contribution in [1.29, 1.82) is 0 Å². The molecule has 34 heavy (non-hydrogen) atoms. The lowest BCUT2D eigenvalue weighted by molar-refractivity contribution is 0.0489. The summed E-state index contributed by atoms with van der Waals surface area (Å²) < 4.78 is 10.6. The van der Waals surface area contributed by atoms with Crippen LogP contribution < -0.4 is 0 Å². The van der Waals surface area contributed by atoms with Gasteiger partial charge in [-0.2, -0.15) is 0 Å². The first-order valence-electron chi connectivity index (χ1n) is 12.3. The van der Waals surface area contributed by atoms with Crippen LogP contribution in [0.15, 0.2) is 72.8 Å². The van der Waals surface area contributed by atoms with Gasteiger partial charge in [0, 0.05) is 0 Å². The number of carbonyl (C=O) groups is 2. The van der Waals surface area contributed by atoms with Gasteiger partial charge >= 0.3 is 11.9 Å². The third-order valence-corrected chi connectivity index (χ3v) is 5.75. The van der Waals surface area contributed by atoms with Crippen LogP contribution in [-0.4, -0.2) is 25.2 Å². The van der Waals surface area contributed by atoms with Gasteiger partial charge in [0.15, 0.2) is 0 Å². The molecule has 0 bridgehead atoms. The Morgan fingerprint density at radius 3 is 1.09 bits per heavy atom. The third-order valence-electron chi connectivity index (χ3n) is 5.75. The highest BCUT2D eigenvalue weighted by atomic mass is 16.5. The number of rotatable bonds is 12. The van der Waals surface area contributed by atoms with Crippen LogP contribution >= 0.6 is 0 Å². The second-order valence-electron chi connectivity index (χ2n) is 8.42. The summed E-state index contributed by atoms with van der Waals surface area (Å²) in [6.45, 7) is 5.18. The van der Waals surface area contributed by atoms with E-state index in [1.54, 1.807) is 0 Å². The van der Waals surface area contributed by atoms with Crippen molar-refractivity contribution in [3.63, 3.8) is 0 Å². The highest BCUT2D eigenvalue weighted by molar-refractivity contribution is 5.90. The molecule has 0 unspecified atom stereocenters. The van der Waals surface area contributed by atoms with E-state index in [0.717, 1.165) is 60.8 Å². The van der Waals surface area contributed by atoms with E-state index in [2.05, 4.69) is 38.1 Å². The van der Waals surface area contributed by atoms with E-state index in [1.807, 2.05) is 48.5 Å². The first kappa shape index (κ1) is 25.2. The van der Waals surface area contributed by atoms with Crippen LogP contribution in [-0.2, 0) is 9.47 Å². The molecule has 0 heterocycles. The number of hydrogen-bond donors (Lipinski definition) is 0. The van der Waals surface area contributed by atoms with E-state index >= 15 is 0 Å². The van der Waals surface area contributed by atoms with E-state index < -0.39 is 0 Å². The minimum atomic E-state index is -0.272. The minimum absolute atomic E-state index is 0.272. The molecule has 0 radical (unpaired) electrons. The van der Waals surface area contributed by atoms with Crippen molar-refractivity contribution in [2.45, 2.75) is 52.4 Å². The Morgan fingerprint density at radius 2 is 0.794 bits per heavy atom. The Labute approximate surface area is 202 Å². The summed E-state index contributed by atoms with van der Waals surface area (Å²) >= 11 is 0. The van der Waals surface area contributed by atoms with E-state index in [-0.39, 0.29) is 11.9 Å². The van der Waals surface area contributed by atoms with Gasteiger partial charge in [-0.1, -0.05) is 88.1 Å². The van der Waals surface area contributed by atoms with Gasteiger partial charge in [0.25, 0.3) is 0 Å². The maximum absolute atomic E-state index is 12.2. The van der Waals surface area contributed by atoms with E-state index in [0.29, 0.717) is 24.3 Å². The summed E-state index contributed by atoms with van der Waals surface area (Å²) in [7, 11) is 0. The predicted molar refractivity (Wildman–Crippen MR) is 137 cm³/mol. The lowest BCUT2D eigenvalue weighted by Gasteiger charge is -2.08. The van der Waals surface area contributed by atoms with Gasteiger partial charge in [0.2, 0.25) is 0 Å². The summed E-state index contributed by atoms with van der Waals surface area (Å²) in [5.74, 6) is -0.544. The monoisotopic (exact) mass is 458 g/mol. The average Bonchev–Trinajstić information content (AvgIpc) is 2.89. The molecule has 0 spiro atoms. The summed E-state index contributed by atoms with van der Waals surface area (Å²) in [5.41, 5.74) is 5.35. The Balaban J connectivity index is 1.58. The Hall–Kier alpha value is -3.40. The van der Waals surface area contributed by atoms with Crippen molar-refractivity contribution in [1.82, 2.24) is 0 Å². The molecule has 0 amide bonds. The fraction of sp³-hybridized carbons (Fsp3) is 0.333. The molecule has 3 aromatic carbocycles. The molecule has 3 rings (SSSR count). The molecule has 0 N–H and O–H groups in total. The molecule has 0 saturated heterocycles. The fourth-order valence-corrected chi connectivity index (χ4v) is 3.65. The van der Waals surface area contributed by atoms with Crippen molar-refractivity contribution in [2.24, 2.45) is 0 Å². The molecule has 0 aliphatic rings. The first-order valence-corrected chi connectivity index (χ1v) is 12.3. The first-order chi connectivity index (χ1) is 16.6. The molecular weight excluding hydrogens is 424 g/mol. The molecule has 0 aliphatic carbocycles. The van der Waals surface area contributed by atoms with Crippen molar-refractivity contribution in [2.75, 3.05) is 13.2 Å². The van der Waals surface area contributed by atoms with Gasteiger partial charge < -0.3 is 9.47 Å². The van der Waals surface area contributed by atoms with Gasteiger partial charge in [0.05, 0.1) is 24.3 Å². The summed E-state index contributed by atoms with van der Waals surface area (Å²) in [5, 5.41) is 0. The molecule has 0 saturated carbocycles. The molecular formula is C30H34O4. The Morgan fingerprint density at radius 1 is 0.500 bits per heavy atom. The van der Waals surface area contributed by atoms with Crippen LogP contribution in [0.3, 0.4) is 0 Å². The number of unbranched alkanes of at least 4 members (excludes halogenated alkanes) is 4. The number of ether oxygens (including phenoxy) is 2. The molecule has 4 nitrogen and oxygen atoms in total. The second kappa shape index (κ2) is 13.3. The third kappa shape index (κ3) is 7.31. The quantitative estimate of drug-likeness (QED) is 0.206. The van der Waals surface area contributed by atoms with Crippen LogP contribution in [0.2, 0.25) is 0 Å². The largest absolute Gasteiger partial charge is 0.462 e. The Kier molecular flexibility index (Phi) is 9.90. The lowest BCUT2D eigenvalue weighted by atomic mass is 9.99. The molecule has 4 heteroatoms. The lowest BCUT2D eigenvalue weighted by Crippen LogP contribution is -2.06. The van der Waals surface area contributed by atoms with Gasteiger partial charge in [-0.3, -0.25) is 0 Å². The molecule has 0 aliphatic heterocycles. The second-order valence-corrected chi connectivity index (χ2v) is 8.42. The van der Waals surface area contributed by atoms with Crippen molar-refractivity contribution in [3.8, 4) is 22.3 Å². The van der Waals surface area contributed by atoms with E-state index in [1.165, 1.54) is 0 Å². The van der Waals surface area contributed by atoms with Crippen molar-refractivity contribution >= 4 is 11.9 Å². The minimum Gasteiger partial charge on any atom is -0.462 e. The maximum atomic E-state index is 12.2. The van der Waals surface area contributed by atoms with Crippen LogP contribution in [0.25, 0.3) is 22.3 Å². The van der Waals surface area contributed by atoms with Gasteiger partial charge in [-0.15, -0.1) is 0 Å². The highest BCUT2D eigenvalue weighted by Gasteiger charge is 2.09.